The summed E-state index contributed by atoms with van der Waals surface area (Å²) >= 11 is 3.49. The Morgan fingerprint density at radius 2 is 1.94 bits per heavy atom. The molecular weight excluding hydrogens is 264 g/mol. The van der Waals surface area contributed by atoms with E-state index in [1.54, 1.807) is 0 Å². The highest BCUT2D eigenvalue weighted by molar-refractivity contribution is 9.10. The van der Waals surface area contributed by atoms with E-state index < -0.39 is 0 Å². The van der Waals surface area contributed by atoms with E-state index in [2.05, 4.69) is 51.4 Å². The third-order valence-corrected chi connectivity index (χ3v) is 2.75. The maximum atomic E-state index is 3.99. The molecule has 2 nitrogen and oxygen atoms in total. The Labute approximate surface area is 104 Å². The second-order valence-electron chi connectivity index (χ2n) is 3.73. The molecule has 0 atom stereocenters. The summed E-state index contributed by atoms with van der Waals surface area (Å²) in [6.45, 7) is 2.90. The summed E-state index contributed by atoms with van der Waals surface area (Å²) in [6.07, 6.45) is 3.62. The molecule has 2 rings (SSSR count). The molecule has 82 valence electrons. The Hall–Kier alpha value is -1.35. The number of aromatic nitrogens is 1. The normalized spacial score (nSPS) is 10.1. The largest absolute Gasteiger partial charge is 0.381 e. The Bertz CT molecular complexity index is 448. The lowest BCUT2D eigenvalue weighted by Crippen LogP contribution is -1.99. The molecule has 0 fully saturated rings. The Balaban J connectivity index is 2.05. The Kier molecular flexibility index (Phi) is 3.57. The van der Waals surface area contributed by atoms with Gasteiger partial charge in [0.2, 0.25) is 0 Å². The lowest BCUT2D eigenvalue weighted by Gasteiger charge is -2.07. The van der Waals surface area contributed by atoms with Crippen LogP contribution in [-0.2, 0) is 6.54 Å². The Morgan fingerprint density at radius 3 is 2.62 bits per heavy atom. The summed E-state index contributed by atoms with van der Waals surface area (Å²) in [5, 5.41) is 3.38. The van der Waals surface area contributed by atoms with Gasteiger partial charge >= 0.3 is 0 Å². The molecule has 0 saturated heterocycles. The van der Waals surface area contributed by atoms with Gasteiger partial charge in [-0.2, -0.15) is 0 Å². The lowest BCUT2D eigenvalue weighted by molar-refractivity contribution is 1.12. The number of nitrogens with zero attached hydrogens (tertiary/aromatic N) is 1. The van der Waals surface area contributed by atoms with Crippen molar-refractivity contribution in [1.29, 1.82) is 0 Å². The van der Waals surface area contributed by atoms with Crippen molar-refractivity contribution in [3.05, 3.63) is 58.3 Å². The number of hydrogen-bond donors (Lipinski definition) is 1. The van der Waals surface area contributed by atoms with Gasteiger partial charge in [-0.3, -0.25) is 4.98 Å². The number of rotatable bonds is 3. The van der Waals surface area contributed by atoms with Gasteiger partial charge in [0.15, 0.2) is 0 Å². The van der Waals surface area contributed by atoms with Gasteiger partial charge in [0.1, 0.15) is 0 Å². The third-order valence-electron chi connectivity index (χ3n) is 2.29. The zero-order valence-electron chi connectivity index (χ0n) is 9.07. The van der Waals surface area contributed by atoms with Crippen LogP contribution in [0.15, 0.2) is 47.2 Å². The van der Waals surface area contributed by atoms with Gasteiger partial charge < -0.3 is 5.32 Å². The maximum absolute atomic E-state index is 3.99. The van der Waals surface area contributed by atoms with Crippen LogP contribution in [0.3, 0.4) is 0 Å². The first-order valence-electron chi connectivity index (χ1n) is 5.14. The fourth-order valence-electron chi connectivity index (χ4n) is 1.54. The number of anilines is 1. The maximum Gasteiger partial charge on any atom is 0.0401 e. The first-order chi connectivity index (χ1) is 7.74. The van der Waals surface area contributed by atoms with Crippen LogP contribution in [0, 0.1) is 6.92 Å². The molecule has 16 heavy (non-hydrogen) atoms. The van der Waals surface area contributed by atoms with Crippen LogP contribution in [-0.4, -0.2) is 4.98 Å². The first kappa shape index (κ1) is 11.1. The van der Waals surface area contributed by atoms with Gasteiger partial charge in [0, 0.05) is 29.1 Å². The highest BCUT2D eigenvalue weighted by Gasteiger charge is 1.96. The van der Waals surface area contributed by atoms with E-state index in [0.29, 0.717) is 0 Å². The third kappa shape index (κ3) is 3.07. The zero-order valence-corrected chi connectivity index (χ0v) is 10.7. The van der Waals surface area contributed by atoms with Gasteiger partial charge in [-0.25, -0.2) is 0 Å². The second-order valence-corrected chi connectivity index (χ2v) is 4.64. The summed E-state index contributed by atoms with van der Waals surface area (Å²) < 4.78 is 1.10. The topological polar surface area (TPSA) is 24.9 Å². The number of hydrogen-bond acceptors (Lipinski definition) is 2. The van der Waals surface area contributed by atoms with E-state index in [1.165, 1.54) is 11.1 Å². The average Bonchev–Trinajstić information content (AvgIpc) is 2.27. The second kappa shape index (κ2) is 5.12. The molecule has 0 aliphatic heterocycles. The van der Waals surface area contributed by atoms with E-state index in [0.717, 1.165) is 16.7 Å². The van der Waals surface area contributed by atoms with Crippen LogP contribution in [0.4, 0.5) is 5.69 Å². The number of nitrogens with one attached hydrogen (secondary N) is 1. The molecule has 1 N–H and O–H groups in total. The fraction of sp³-hybridized carbons (Fsp3) is 0.154. The molecular formula is C13H13BrN2. The Morgan fingerprint density at radius 1 is 1.19 bits per heavy atom. The van der Waals surface area contributed by atoms with E-state index in [9.17, 15) is 0 Å². The van der Waals surface area contributed by atoms with Crippen molar-refractivity contribution in [3.63, 3.8) is 0 Å². The van der Waals surface area contributed by atoms with E-state index in [4.69, 9.17) is 0 Å². The zero-order chi connectivity index (χ0) is 11.4. The number of benzene rings is 1. The highest BCUT2D eigenvalue weighted by atomic mass is 79.9. The van der Waals surface area contributed by atoms with E-state index in [-0.39, 0.29) is 0 Å². The molecule has 0 spiro atoms. The van der Waals surface area contributed by atoms with Crippen LogP contribution in [0.25, 0.3) is 0 Å². The molecule has 1 aromatic heterocycles. The minimum Gasteiger partial charge on any atom is -0.381 e. The van der Waals surface area contributed by atoms with Gasteiger partial charge in [0.25, 0.3) is 0 Å². The van der Waals surface area contributed by atoms with Crippen molar-refractivity contribution in [2.24, 2.45) is 0 Å². The molecule has 3 heteroatoms. The van der Waals surface area contributed by atoms with Crippen LogP contribution in [0.2, 0.25) is 0 Å². The molecule has 0 radical (unpaired) electrons. The van der Waals surface area contributed by atoms with Crippen molar-refractivity contribution in [1.82, 2.24) is 4.98 Å². The van der Waals surface area contributed by atoms with Gasteiger partial charge in [-0.15, -0.1) is 0 Å². The summed E-state index contributed by atoms with van der Waals surface area (Å²) in [6, 6.07) is 10.3. The van der Waals surface area contributed by atoms with Crippen LogP contribution < -0.4 is 5.32 Å². The molecule has 2 aromatic rings. The van der Waals surface area contributed by atoms with Crippen molar-refractivity contribution in [2.45, 2.75) is 13.5 Å². The fourth-order valence-corrected chi connectivity index (χ4v) is 2.15. The quantitative estimate of drug-likeness (QED) is 0.923. The predicted molar refractivity (Wildman–Crippen MR) is 70.4 cm³/mol. The molecule has 0 bridgehead atoms. The molecule has 0 aliphatic carbocycles. The molecule has 1 heterocycles. The molecule has 0 amide bonds. The summed E-state index contributed by atoms with van der Waals surface area (Å²) in [5.74, 6) is 0. The SMILES string of the molecule is Cc1cc(Br)cc(NCc2ccncc2)c1. The predicted octanol–water partition coefficient (Wildman–Crippen LogP) is 3.76. The summed E-state index contributed by atoms with van der Waals surface area (Å²) in [4.78, 5) is 3.99. The van der Waals surface area contributed by atoms with Crippen molar-refractivity contribution < 1.29 is 0 Å². The summed E-state index contributed by atoms with van der Waals surface area (Å²) in [7, 11) is 0. The van der Waals surface area contributed by atoms with Crippen LogP contribution in [0.1, 0.15) is 11.1 Å². The van der Waals surface area contributed by atoms with Crippen molar-refractivity contribution in [3.8, 4) is 0 Å². The van der Waals surface area contributed by atoms with E-state index >= 15 is 0 Å². The average molecular weight is 277 g/mol. The molecule has 1 aromatic carbocycles. The molecule has 0 unspecified atom stereocenters. The first-order valence-corrected chi connectivity index (χ1v) is 5.93. The van der Waals surface area contributed by atoms with E-state index in [1.807, 2.05) is 24.5 Å². The standard InChI is InChI=1S/C13H13BrN2/c1-10-6-12(14)8-13(7-10)16-9-11-2-4-15-5-3-11/h2-8,16H,9H2,1H3. The van der Waals surface area contributed by atoms with Crippen LogP contribution in [0.5, 0.6) is 0 Å². The lowest BCUT2D eigenvalue weighted by atomic mass is 10.2. The van der Waals surface area contributed by atoms with Crippen molar-refractivity contribution in [2.75, 3.05) is 5.32 Å². The van der Waals surface area contributed by atoms with Gasteiger partial charge in [-0.05, 0) is 48.4 Å². The minimum absolute atomic E-state index is 0.818. The summed E-state index contributed by atoms with van der Waals surface area (Å²) in [5.41, 5.74) is 3.60. The number of pyridine rings is 1. The smallest absolute Gasteiger partial charge is 0.0401 e. The van der Waals surface area contributed by atoms with Crippen molar-refractivity contribution >= 4 is 21.6 Å². The van der Waals surface area contributed by atoms with Gasteiger partial charge in [0.05, 0.1) is 0 Å². The number of aryl methyl sites for hydroxylation is 1. The molecule has 0 aliphatic rings. The molecule has 0 saturated carbocycles. The minimum atomic E-state index is 0.818. The highest BCUT2D eigenvalue weighted by Crippen LogP contribution is 2.19. The van der Waals surface area contributed by atoms with Gasteiger partial charge in [-0.1, -0.05) is 15.9 Å². The number of halogens is 1. The monoisotopic (exact) mass is 276 g/mol. The van der Waals surface area contributed by atoms with Crippen LogP contribution >= 0.6 is 15.9 Å².